The summed E-state index contributed by atoms with van der Waals surface area (Å²) < 4.78 is 6.14. The van der Waals surface area contributed by atoms with Gasteiger partial charge in [-0.25, -0.2) is 0 Å². The summed E-state index contributed by atoms with van der Waals surface area (Å²) in [5.74, 6) is 1.69. The van der Waals surface area contributed by atoms with Crippen molar-refractivity contribution in [1.82, 2.24) is 5.32 Å². The van der Waals surface area contributed by atoms with E-state index in [9.17, 15) is 0 Å². The molecule has 2 atom stereocenters. The van der Waals surface area contributed by atoms with Gasteiger partial charge in [-0.05, 0) is 56.7 Å². The van der Waals surface area contributed by atoms with Gasteiger partial charge >= 0.3 is 0 Å². The number of benzene rings is 1. The second kappa shape index (κ2) is 6.00. The molecule has 0 aromatic heterocycles. The molecule has 2 unspecified atom stereocenters. The maximum Gasteiger partial charge on any atom is 0.123 e. The molecule has 0 fully saturated rings. The first kappa shape index (κ1) is 16.4. The summed E-state index contributed by atoms with van der Waals surface area (Å²) in [6.45, 7) is 14.7. The molecule has 1 aromatic rings. The molecule has 2 rings (SSSR count). The minimum Gasteiger partial charge on any atom is -0.490 e. The van der Waals surface area contributed by atoms with Gasteiger partial charge in [0.2, 0.25) is 0 Å². The van der Waals surface area contributed by atoms with Crippen molar-refractivity contribution in [2.75, 3.05) is 6.54 Å². The second-order valence-corrected chi connectivity index (χ2v) is 8.48. The first-order chi connectivity index (χ1) is 9.65. The fraction of sp³-hybridized carbons (Fsp3) is 0.684. The second-order valence-electron chi connectivity index (χ2n) is 8.48. The number of hydrogen-bond acceptors (Lipinski definition) is 2. The number of fused-ring (bicyclic) bond motifs is 1. The molecule has 0 spiro atoms. The number of hydrogen-bond donors (Lipinski definition) is 1. The highest BCUT2D eigenvalue weighted by Crippen LogP contribution is 2.35. The molecule has 1 aliphatic rings. The molecule has 0 bridgehead atoms. The van der Waals surface area contributed by atoms with Gasteiger partial charge in [-0.15, -0.1) is 0 Å². The van der Waals surface area contributed by atoms with Crippen molar-refractivity contribution in [1.29, 1.82) is 0 Å². The van der Waals surface area contributed by atoms with E-state index >= 15 is 0 Å². The van der Waals surface area contributed by atoms with E-state index in [1.165, 1.54) is 5.56 Å². The fourth-order valence-corrected chi connectivity index (χ4v) is 2.88. The van der Waals surface area contributed by atoms with Crippen molar-refractivity contribution in [3.63, 3.8) is 0 Å². The van der Waals surface area contributed by atoms with E-state index in [1.54, 1.807) is 0 Å². The Kier molecular flexibility index (Phi) is 4.67. The van der Waals surface area contributed by atoms with Crippen LogP contribution in [0.15, 0.2) is 24.3 Å². The summed E-state index contributed by atoms with van der Waals surface area (Å²) in [6, 6.07) is 8.44. The number of ether oxygens (including phenoxy) is 1. The molecule has 21 heavy (non-hydrogen) atoms. The first-order valence-corrected chi connectivity index (χ1v) is 8.15. The van der Waals surface area contributed by atoms with E-state index in [1.807, 2.05) is 0 Å². The average Bonchev–Trinajstić information content (AvgIpc) is 2.74. The Labute approximate surface area is 130 Å². The Balaban J connectivity index is 1.97. The zero-order valence-electron chi connectivity index (χ0n) is 14.5. The highest BCUT2D eigenvalue weighted by Gasteiger charge is 2.32. The van der Waals surface area contributed by atoms with E-state index in [0.717, 1.165) is 25.1 Å². The quantitative estimate of drug-likeness (QED) is 0.885. The standard InChI is InChI=1S/C19H31NO/c1-18(2,3)15(13-20-19(4,5)6)12-16-11-14-9-7-8-10-17(14)21-16/h7-10,15-16,20H,11-13H2,1-6H3. The van der Waals surface area contributed by atoms with Crippen LogP contribution in [0.4, 0.5) is 0 Å². The van der Waals surface area contributed by atoms with Gasteiger partial charge in [0, 0.05) is 12.0 Å². The average molecular weight is 289 g/mol. The van der Waals surface area contributed by atoms with Crippen LogP contribution in [-0.4, -0.2) is 18.2 Å². The van der Waals surface area contributed by atoms with E-state index in [-0.39, 0.29) is 11.0 Å². The Morgan fingerprint density at radius 1 is 1.14 bits per heavy atom. The number of para-hydroxylation sites is 1. The fourth-order valence-electron chi connectivity index (χ4n) is 2.88. The summed E-state index contributed by atoms with van der Waals surface area (Å²) in [5, 5.41) is 3.67. The predicted octanol–water partition coefficient (Wildman–Crippen LogP) is 4.43. The van der Waals surface area contributed by atoms with Crippen LogP contribution in [0.1, 0.15) is 53.5 Å². The molecular formula is C19H31NO. The van der Waals surface area contributed by atoms with Crippen LogP contribution in [0.3, 0.4) is 0 Å². The van der Waals surface area contributed by atoms with E-state index in [4.69, 9.17) is 4.74 Å². The minimum atomic E-state index is 0.170. The maximum absolute atomic E-state index is 6.14. The van der Waals surface area contributed by atoms with Gasteiger partial charge in [0.15, 0.2) is 0 Å². The van der Waals surface area contributed by atoms with Gasteiger partial charge in [-0.1, -0.05) is 39.0 Å². The van der Waals surface area contributed by atoms with Crippen LogP contribution in [0.5, 0.6) is 5.75 Å². The summed E-state index contributed by atoms with van der Waals surface area (Å²) >= 11 is 0. The number of rotatable bonds is 4. The van der Waals surface area contributed by atoms with Crippen molar-refractivity contribution in [2.45, 2.75) is 66.0 Å². The lowest BCUT2D eigenvalue weighted by Gasteiger charge is -2.35. The monoisotopic (exact) mass is 289 g/mol. The molecule has 2 nitrogen and oxygen atoms in total. The third-order valence-electron chi connectivity index (χ3n) is 4.36. The van der Waals surface area contributed by atoms with Crippen LogP contribution in [0.25, 0.3) is 0 Å². The van der Waals surface area contributed by atoms with Crippen molar-refractivity contribution in [2.24, 2.45) is 11.3 Å². The van der Waals surface area contributed by atoms with Crippen molar-refractivity contribution in [3.05, 3.63) is 29.8 Å². The molecule has 1 N–H and O–H groups in total. The largest absolute Gasteiger partial charge is 0.490 e. The molecular weight excluding hydrogens is 258 g/mol. The van der Waals surface area contributed by atoms with Crippen molar-refractivity contribution >= 4 is 0 Å². The molecule has 1 aromatic carbocycles. The van der Waals surface area contributed by atoms with E-state index in [0.29, 0.717) is 12.0 Å². The van der Waals surface area contributed by atoms with Crippen LogP contribution in [-0.2, 0) is 6.42 Å². The van der Waals surface area contributed by atoms with Crippen LogP contribution in [0.2, 0.25) is 0 Å². The number of nitrogens with one attached hydrogen (secondary N) is 1. The summed E-state index contributed by atoms with van der Waals surface area (Å²) in [4.78, 5) is 0. The molecule has 0 aliphatic carbocycles. The molecule has 0 amide bonds. The molecule has 118 valence electrons. The summed E-state index contributed by atoms with van der Waals surface area (Å²) in [5.41, 5.74) is 1.82. The molecule has 1 heterocycles. The topological polar surface area (TPSA) is 21.3 Å². The van der Waals surface area contributed by atoms with Crippen LogP contribution >= 0.6 is 0 Å². The van der Waals surface area contributed by atoms with Crippen molar-refractivity contribution in [3.8, 4) is 5.75 Å². The van der Waals surface area contributed by atoms with Gasteiger partial charge in [-0.2, -0.15) is 0 Å². The predicted molar refractivity (Wildman–Crippen MR) is 89.9 cm³/mol. The lowest BCUT2D eigenvalue weighted by Crippen LogP contribution is -2.43. The normalized spacial score (nSPS) is 20.0. The Morgan fingerprint density at radius 2 is 1.81 bits per heavy atom. The molecule has 1 aliphatic heterocycles. The Morgan fingerprint density at radius 3 is 2.38 bits per heavy atom. The van der Waals surface area contributed by atoms with Crippen molar-refractivity contribution < 1.29 is 4.74 Å². The Hall–Kier alpha value is -1.02. The molecule has 0 radical (unpaired) electrons. The lowest BCUT2D eigenvalue weighted by atomic mass is 9.77. The zero-order chi connectivity index (χ0) is 15.7. The maximum atomic E-state index is 6.14. The minimum absolute atomic E-state index is 0.170. The summed E-state index contributed by atoms with van der Waals surface area (Å²) in [7, 11) is 0. The van der Waals surface area contributed by atoms with Gasteiger partial charge in [0.1, 0.15) is 11.9 Å². The lowest BCUT2D eigenvalue weighted by molar-refractivity contribution is 0.128. The van der Waals surface area contributed by atoms with Gasteiger partial charge < -0.3 is 10.1 Å². The third-order valence-corrected chi connectivity index (χ3v) is 4.36. The zero-order valence-corrected chi connectivity index (χ0v) is 14.5. The van der Waals surface area contributed by atoms with E-state index < -0.39 is 0 Å². The Bertz CT molecular complexity index is 442. The first-order valence-electron chi connectivity index (χ1n) is 8.15. The van der Waals surface area contributed by atoms with Gasteiger partial charge in [-0.3, -0.25) is 0 Å². The SMILES string of the molecule is CC(C)(C)NCC(CC1Cc2ccccc2O1)C(C)(C)C. The molecule has 2 heteroatoms. The highest BCUT2D eigenvalue weighted by atomic mass is 16.5. The van der Waals surface area contributed by atoms with E-state index in [2.05, 4.69) is 71.1 Å². The van der Waals surface area contributed by atoms with Gasteiger partial charge in [0.25, 0.3) is 0 Å². The van der Waals surface area contributed by atoms with Gasteiger partial charge in [0.05, 0.1) is 0 Å². The van der Waals surface area contributed by atoms with Crippen LogP contribution in [0, 0.1) is 11.3 Å². The third kappa shape index (κ3) is 4.74. The molecule has 0 saturated heterocycles. The highest BCUT2D eigenvalue weighted by molar-refractivity contribution is 5.37. The molecule has 0 saturated carbocycles. The summed E-state index contributed by atoms with van der Waals surface area (Å²) in [6.07, 6.45) is 2.49. The van der Waals surface area contributed by atoms with Crippen LogP contribution < -0.4 is 10.1 Å². The smallest absolute Gasteiger partial charge is 0.123 e.